The topological polar surface area (TPSA) is 26.7 Å². The average Bonchev–Trinajstić information content (AvgIpc) is 2.37. The zero-order valence-corrected chi connectivity index (χ0v) is 12.6. The number of aliphatic hydroxyl groups is 1. The molecule has 19 heavy (non-hydrogen) atoms. The summed E-state index contributed by atoms with van der Waals surface area (Å²) in [5, 5.41) is 10.5. The van der Waals surface area contributed by atoms with Gasteiger partial charge in [-0.15, -0.1) is 0 Å². The third-order valence-electron chi connectivity index (χ3n) is 5.69. The van der Waals surface area contributed by atoms with Crippen molar-refractivity contribution in [2.45, 2.75) is 64.1 Å². The number of piperazine rings is 1. The number of rotatable bonds is 1. The summed E-state index contributed by atoms with van der Waals surface area (Å²) in [6.07, 6.45) is 6.33. The van der Waals surface area contributed by atoms with Crippen molar-refractivity contribution in [2.24, 2.45) is 11.8 Å². The molecule has 3 heteroatoms. The molecule has 0 aromatic heterocycles. The van der Waals surface area contributed by atoms with Crippen LogP contribution in [0.1, 0.15) is 46.0 Å². The Morgan fingerprint density at radius 1 is 0.947 bits per heavy atom. The molecule has 2 heterocycles. The highest BCUT2D eigenvalue weighted by Crippen LogP contribution is 2.34. The van der Waals surface area contributed by atoms with E-state index in [2.05, 4.69) is 23.6 Å². The standard InChI is InChI=1S/C16H30N2O/c1-12-9-13(2)16(15(19)10-12)18-8-7-17-6-4-3-5-14(17)11-18/h12-16,19H,3-11H2,1-2H3. The van der Waals surface area contributed by atoms with Gasteiger partial charge in [0.25, 0.3) is 0 Å². The van der Waals surface area contributed by atoms with Gasteiger partial charge in [-0.3, -0.25) is 9.80 Å². The molecule has 0 radical (unpaired) electrons. The predicted octanol–water partition coefficient (Wildman–Crippen LogP) is 1.95. The van der Waals surface area contributed by atoms with Gasteiger partial charge >= 0.3 is 0 Å². The number of hydrogen-bond acceptors (Lipinski definition) is 3. The largest absolute Gasteiger partial charge is 0.391 e. The maximum absolute atomic E-state index is 10.5. The van der Waals surface area contributed by atoms with Gasteiger partial charge in [0.1, 0.15) is 0 Å². The van der Waals surface area contributed by atoms with Gasteiger partial charge in [0.2, 0.25) is 0 Å². The van der Waals surface area contributed by atoms with Crippen LogP contribution in [0.5, 0.6) is 0 Å². The summed E-state index contributed by atoms with van der Waals surface area (Å²) < 4.78 is 0. The first-order valence-corrected chi connectivity index (χ1v) is 8.31. The number of fused-ring (bicyclic) bond motifs is 1. The molecule has 0 aromatic carbocycles. The molecule has 3 fully saturated rings. The van der Waals surface area contributed by atoms with Crippen molar-refractivity contribution in [2.75, 3.05) is 26.2 Å². The van der Waals surface area contributed by atoms with E-state index in [1.165, 1.54) is 45.3 Å². The molecule has 0 spiro atoms. The molecule has 3 nitrogen and oxygen atoms in total. The van der Waals surface area contributed by atoms with Gasteiger partial charge in [0, 0.05) is 31.7 Å². The molecule has 2 aliphatic heterocycles. The minimum Gasteiger partial charge on any atom is -0.391 e. The zero-order chi connectivity index (χ0) is 13.4. The van der Waals surface area contributed by atoms with Crippen LogP contribution in [-0.2, 0) is 0 Å². The molecule has 5 atom stereocenters. The first-order valence-electron chi connectivity index (χ1n) is 8.31. The van der Waals surface area contributed by atoms with Gasteiger partial charge in [-0.2, -0.15) is 0 Å². The van der Waals surface area contributed by atoms with E-state index in [4.69, 9.17) is 0 Å². The Labute approximate surface area is 118 Å². The van der Waals surface area contributed by atoms with Crippen molar-refractivity contribution in [3.63, 3.8) is 0 Å². The summed E-state index contributed by atoms with van der Waals surface area (Å²) in [7, 11) is 0. The first kappa shape index (κ1) is 13.8. The number of nitrogens with zero attached hydrogens (tertiary/aromatic N) is 2. The third-order valence-corrected chi connectivity index (χ3v) is 5.69. The monoisotopic (exact) mass is 266 g/mol. The molecule has 0 bridgehead atoms. The van der Waals surface area contributed by atoms with Crippen LogP contribution in [0.25, 0.3) is 0 Å². The van der Waals surface area contributed by atoms with Gasteiger partial charge in [0.15, 0.2) is 0 Å². The van der Waals surface area contributed by atoms with E-state index in [-0.39, 0.29) is 6.10 Å². The fraction of sp³-hybridized carbons (Fsp3) is 1.00. The van der Waals surface area contributed by atoms with Gasteiger partial charge < -0.3 is 5.11 Å². The summed E-state index contributed by atoms with van der Waals surface area (Å²) >= 11 is 0. The van der Waals surface area contributed by atoms with E-state index in [1.54, 1.807) is 0 Å². The molecule has 0 aromatic rings. The average molecular weight is 266 g/mol. The van der Waals surface area contributed by atoms with Crippen LogP contribution in [-0.4, -0.2) is 59.3 Å². The van der Waals surface area contributed by atoms with E-state index in [0.29, 0.717) is 17.9 Å². The van der Waals surface area contributed by atoms with Gasteiger partial charge in [-0.05, 0) is 44.1 Å². The Bertz CT molecular complexity index is 297. The highest BCUT2D eigenvalue weighted by Gasteiger charge is 2.40. The number of aliphatic hydroxyl groups excluding tert-OH is 1. The fourth-order valence-corrected chi connectivity index (χ4v) is 4.86. The lowest BCUT2D eigenvalue weighted by Gasteiger charge is -2.50. The van der Waals surface area contributed by atoms with Crippen molar-refractivity contribution in [3.05, 3.63) is 0 Å². The van der Waals surface area contributed by atoms with E-state index < -0.39 is 0 Å². The van der Waals surface area contributed by atoms with E-state index >= 15 is 0 Å². The highest BCUT2D eigenvalue weighted by atomic mass is 16.3. The molecule has 5 unspecified atom stereocenters. The Hall–Kier alpha value is -0.120. The Morgan fingerprint density at radius 2 is 1.74 bits per heavy atom. The molecule has 3 aliphatic rings. The summed E-state index contributed by atoms with van der Waals surface area (Å²) in [5.74, 6) is 1.34. The van der Waals surface area contributed by atoms with Crippen molar-refractivity contribution in [1.29, 1.82) is 0 Å². The van der Waals surface area contributed by atoms with Gasteiger partial charge in [0.05, 0.1) is 6.10 Å². The van der Waals surface area contributed by atoms with Crippen LogP contribution >= 0.6 is 0 Å². The van der Waals surface area contributed by atoms with Crippen LogP contribution in [0.4, 0.5) is 0 Å². The molecule has 1 aliphatic carbocycles. The van der Waals surface area contributed by atoms with E-state index in [9.17, 15) is 5.11 Å². The summed E-state index contributed by atoms with van der Waals surface area (Å²) in [4.78, 5) is 5.30. The van der Waals surface area contributed by atoms with Crippen LogP contribution in [0.2, 0.25) is 0 Å². The third kappa shape index (κ3) is 2.84. The fourth-order valence-electron chi connectivity index (χ4n) is 4.86. The summed E-state index contributed by atoms with van der Waals surface area (Å²) in [6.45, 7) is 9.51. The molecule has 3 rings (SSSR count). The van der Waals surface area contributed by atoms with Crippen molar-refractivity contribution in [1.82, 2.24) is 9.80 Å². The van der Waals surface area contributed by atoms with Crippen LogP contribution in [0, 0.1) is 11.8 Å². The van der Waals surface area contributed by atoms with Crippen LogP contribution in [0.3, 0.4) is 0 Å². The summed E-state index contributed by atoms with van der Waals surface area (Å²) in [6, 6.07) is 1.18. The Morgan fingerprint density at radius 3 is 2.53 bits per heavy atom. The number of hydrogen-bond donors (Lipinski definition) is 1. The second-order valence-corrected chi connectivity index (χ2v) is 7.29. The summed E-state index contributed by atoms with van der Waals surface area (Å²) in [5.41, 5.74) is 0. The number of piperidine rings is 1. The van der Waals surface area contributed by atoms with Crippen molar-refractivity contribution < 1.29 is 5.11 Å². The maximum atomic E-state index is 10.5. The lowest BCUT2D eigenvalue weighted by atomic mass is 9.76. The molecule has 0 amide bonds. The predicted molar refractivity (Wildman–Crippen MR) is 78.1 cm³/mol. The molecule has 2 saturated heterocycles. The smallest absolute Gasteiger partial charge is 0.0700 e. The Kier molecular flexibility index (Phi) is 4.16. The van der Waals surface area contributed by atoms with Crippen molar-refractivity contribution in [3.8, 4) is 0 Å². The normalized spacial score (nSPS) is 45.9. The van der Waals surface area contributed by atoms with Crippen molar-refractivity contribution >= 4 is 0 Å². The lowest BCUT2D eigenvalue weighted by molar-refractivity contribution is -0.0592. The second kappa shape index (κ2) is 5.71. The molecular weight excluding hydrogens is 236 g/mol. The second-order valence-electron chi connectivity index (χ2n) is 7.29. The van der Waals surface area contributed by atoms with Crippen LogP contribution < -0.4 is 0 Å². The minimum absolute atomic E-state index is 0.103. The molecule has 110 valence electrons. The van der Waals surface area contributed by atoms with Crippen LogP contribution in [0.15, 0.2) is 0 Å². The molecule has 1 N–H and O–H groups in total. The zero-order valence-electron chi connectivity index (χ0n) is 12.6. The van der Waals surface area contributed by atoms with Gasteiger partial charge in [-0.1, -0.05) is 20.3 Å². The minimum atomic E-state index is -0.103. The Balaban J connectivity index is 1.65. The lowest BCUT2D eigenvalue weighted by Crippen LogP contribution is -2.61. The van der Waals surface area contributed by atoms with E-state index in [0.717, 1.165) is 19.0 Å². The molecular formula is C16H30N2O. The first-order chi connectivity index (χ1) is 9.15. The maximum Gasteiger partial charge on any atom is 0.0700 e. The highest BCUT2D eigenvalue weighted by molar-refractivity contribution is 4.94. The van der Waals surface area contributed by atoms with Gasteiger partial charge in [-0.25, -0.2) is 0 Å². The van der Waals surface area contributed by atoms with E-state index in [1.807, 2.05) is 0 Å². The molecule has 1 saturated carbocycles. The quantitative estimate of drug-likeness (QED) is 0.786. The SMILES string of the molecule is CC1CC(C)C(N2CCN3CCCCC3C2)C(O)C1.